The average Bonchev–Trinajstić information content (AvgIpc) is 2.70. The van der Waals surface area contributed by atoms with Crippen LogP contribution >= 0.6 is 23.2 Å². The second kappa shape index (κ2) is 6.36. The molecule has 2 aromatic rings. The molecule has 1 fully saturated rings. The molecule has 6 heteroatoms. The van der Waals surface area contributed by atoms with Crippen molar-refractivity contribution in [1.29, 1.82) is 0 Å². The van der Waals surface area contributed by atoms with Crippen LogP contribution < -0.4 is 4.90 Å². The van der Waals surface area contributed by atoms with Crippen LogP contribution in [0, 0.1) is 6.92 Å². The van der Waals surface area contributed by atoms with Crippen LogP contribution in [-0.2, 0) is 11.2 Å². The molecule has 4 nitrogen and oxygen atoms in total. The Balaban J connectivity index is 1.98. The van der Waals surface area contributed by atoms with E-state index in [9.17, 15) is 9.59 Å². The van der Waals surface area contributed by atoms with E-state index in [1.54, 1.807) is 32.2 Å². The van der Waals surface area contributed by atoms with Gasteiger partial charge in [-0.25, -0.2) is 9.69 Å². The lowest BCUT2D eigenvalue weighted by Gasteiger charge is -2.28. The summed E-state index contributed by atoms with van der Waals surface area (Å²) in [6, 6.07) is 12.2. The lowest BCUT2D eigenvalue weighted by molar-refractivity contribution is -0.123. The van der Waals surface area contributed by atoms with E-state index in [1.807, 2.05) is 31.2 Å². The number of hydrogen-bond donors (Lipinski definition) is 0. The van der Waals surface area contributed by atoms with Gasteiger partial charge in [0.15, 0.2) is 0 Å². The monoisotopic (exact) mass is 376 g/mol. The fourth-order valence-corrected chi connectivity index (χ4v) is 3.54. The van der Waals surface area contributed by atoms with Crippen LogP contribution in [0.25, 0.3) is 0 Å². The van der Waals surface area contributed by atoms with E-state index >= 15 is 0 Å². The van der Waals surface area contributed by atoms with E-state index in [1.165, 1.54) is 4.90 Å². The maximum Gasteiger partial charge on any atom is 0.332 e. The Labute approximate surface area is 156 Å². The molecule has 0 N–H and O–H groups in total. The zero-order chi connectivity index (χ0) is 18.4. The van der Waals surface area contributed by atoms with E-state index < -0.39 is 11.6 Å². The van der Waals surface area contributed by atoms with Gasteiger partial charge in [0.1, 0.15) is 5.54 Å². The first-order chi connectivity index (χ1) is 11.7. The SMILES string of the molecule is Cc1ccc(C[C@]2(C)C(=O)N(c3cc(Cl)cc(Cl)c3)C(=O)N2C)cc1. The van der Waals surface area contributed by atoms with Gasteiger partial charge in [-0.3, -0.25) is 4.79 Å². The summed E-state index contributed by atoms with van der Waals surface area (Å²) in [7, 11) is 1.64. The Kier molecular flexibility index (Phi) is 4.52. The summed E-state index contributed by atoms with van der Waals surface area (Å²) in [6.45, 7) is 3.78. The number of aryl methyl sites for hydroxylation is 1. The summed E-state index contributed by atoms with van der Waals surface area (Å²) in [6.07, 6.45) is 0.430. The fraction of sp³-hybridized carbons (Fsp3) is 0.263. The van der Waals surface area contributed by atoms with Crippen LogP contribution in [-0.4, -0.2) is 29.4 Å². The van der Waals surface area contributed by atoms with Gasteiger partial charge in [0.05, 0.1) is 5.69 Å². The zero-order valence-electron chi connectivity index (χ0n) is 14.2. The van der Waals surface area contributed by atoms with E-state index in [4.69, 9.17) is 23.2 Å². The van der Waals surface area contributed by atoms with Gasteiger partial charge in [-0.1, -0.05) is 53.0 Å². The second-order valence-corrected chi connectivity index (χ2v) is 7.42. The number of urea groups is 1. The lowest BCUT2D eigenvalue weighted by atomic mass is 9.91. The van der Waals surface area contributed by atoms with Gasteiger partial charge < -0.3 is 4.90 Å². The molecular weight excluding hydrogens is 359 g/mol. The minimum Gasteiger partial charge on any atom is -0.312 e. The minimum atomic E-state index is -0.971. The summed E-state index contributed by atoms with van der Waals surface area (Å²) in [5.74, 6) is -0.293. The predicted octanol–water partition coefficient (Wildman–Crippen LogP) is 4.70. The van der Waals surface area contributed by atoms with Crippen LogP contribution in [0.15, 0.2) is 42.5 Å². The first-order valence-electron chi connectivity index (χ1n) is 7.86. The molecule has 3 rings (SSSR count). The number of imide groups is 1. The van der Waals surface area contributed by atoms with Crippen molar-refractivity contribution in [2.24, 2.45) is 0 Å². The molecule has 130 valence electrons. The van der Waals surface area contributed by atoms with Gasteiger partial charge in [-0.05, 0) is 37.6 Å². The molecule has 0 radical (unpaired) electrons. The Bertz CT molecular complexity index is 831. The second-order valence-electron chi connectivity index (χ2n) is 6.55. The van der Waals surface area contributed by atoms with Crippen molar-refractivity contribution >= 4 is 40.8 Å². The minimum absolute atomic E-state index is 0.293. The number of carbonyl (C=O) groups excluding carboxylic acids is 2. The Hall–Kier alpha value is -2.04. The van der Waals surface area contributed by atoms with Gasteiger partial charge >= 0.3 is 6.03 Å². The molecule has 3 amide bonds. The Morgan fingerprint density at radius 2 is 1.56 bits per heavy atom. The number of hydrogen-bond acceptors (Lipinski definition) is 2. The largest absolute Gasteiger partial charge is 0.332 e. The van der Waals surface area contributed by atoms with Crippen molar-refractivity contribution in [3.63, 3.8) is 0 Å². The first kappa shape index (κ1) is 17.8. The summed E-state index contributed by atoms with van der Waals surface area (Å²) in [4.78, 5) is 28.5. The van der Waals surface area contributed by atoms with Crippen LogP contribution in [0.2, 0.25) is 10.0 Å². The molecule has 0 spiro atoms. The number of anilines is 1. The van der Waals surface area contributed by atoms with Crippen molar-refractivity contribution in [2.45, 2.75) is 25.8 Å². The van der Waals surface area contributed by atoms with Gasteiger partial charge in [0.2, 0.25) is 0 Å². The quantitative estimate of drug-likeness (QED) is 0.728. The molecule has 1 atom stereocenters. The molecule has 1 aliphatic heterocycles. The third-order valence-electron chi connectivity index (χ3n) is 4.66. The number of carbonyl (C=O) groups is 2. The highest BCUT2D eigenvalue weighted by atomic mass is 35.5. The molecule has 25 heavy (non-hydrogen) atoms. The van der Waals surface area contributed by atoms with Gasteiger partial charge in [-0.2, -0.15) is 0 Å². The van der Waals surface area contributed by atoms with Crippen molar-refractivity contribution in [3.05, 3.63) is 63.6 Å². The standard InChI is InChI=1S/C19H18Cl2N2O2/c1-12-4-6-13(7-5-12)11-19(2)17(24)23(18(25)22(19)3)16-9-14(20)8-15(21)10-16/h4-10H,11H2,1-3H3/t19-/m1/s1. The van der Waals surface area contributed by atoms with Crippen LogP contribution in [0.5, 0.6) is 0 Å². The van der Waals surface area contributed by atoms with E-state index in [0.717, 1.165) is 16.0 Å². The maximum absolute atomic E-state index is 13.1. The van der Waals surface area contributed by atoms with E-state index in [0.29, 0.717) is 22.2 Å². The number of amides is 3. The Morgan fingerprint density at radius 3 is 2.12 bits per heavy atom. The first-order valence-corrected chi connectivity index (χ1v) is 8.62. The zero-order valence-corrected chi connectivity index (χ0v) is 15.7. The third-order valence-corrected chi connectivity index (χ3v) is 5.09. The van der Waals surface area contributed by atoms with Gasteiger partial charge in [0, 0.05) is 23.5 Å². The Morgan fingerprint density at radius 1 is 1.00 bits per heavy atom. The van der Waals surface area contributed by atoms with Crippen molar-refractivity contribution < 1.29 is 9.59 Å². The van der Waals surface area contributed by atoms with Crippen LogP contribution in [0.4, 0.5) is 10.5 Å². The summed E-state index contributed by atoms with van der Waals surface area (Å²) in [5.41, 5.74) is 1.55. The van der Waals surface area contributed by atoms with E-state index in [-0.39, 0.29) is 5.91 Å². The van der Waals surface area contributed by atoms with Gasteiger partial charge in [0.25, 0.3) is 5.91 Å². The summed E-state index contributed by atoms with van der Waals surface area (Å²) < 4.78 is 0. The van der Waals surface area contributed by atoms with Gasteiger partial charge in [-0.15, -0.1) is 0 Å². The highest BCUT2D eigenvalue weighted by Crippen LogP contribution is 2.35. The molecule has 1 saturated heterocycles. The van der Waals surface area contributed by atoms with Crippen molar-refractivity contribution in [2.75, 3.05) is 11.9 Å². The van der Waals surface area contributed by atoms with Crippen molar-refractivity contribution in [3.8, 4) is 0 Å². The molecule has 0 aromatic heterocycles. The molecule has 1 aliphatic rings. The number of halogens is 2. The normalized spacial score (nSPS) is 20.5. The smallest absolute Gasteiger partial charge is 0.312 e. The predicted molar refractivity (Wildman–Crippen MR) is 100 cm³/mol. The molecule has 0 bridgehead atoms. The third kappa shape index (κ3) is 3.12. The molecular formula is C19H18Cl2N2O2. The van der Waals surface area contributed by atoms with Crippen LogP contribution in [0.1, 0.15) is 18.1 Å². The fourth-order valence-electron chi connectivity index (χ4n) is 3.03. The van der Waals surface area contributed by atoms with Crippen molar-refractivity contribution in [1.82, 2.24) is 4.90 Å². The number of nitrogens with zero attached hydrogens (tertiary/aromatic N) is 2. The molecule has 0 aliphatic carbocycles. The average molecular weight is 377 g/mol. The molecule has 2 aromatic carbocycles. The number of rotatable bonds is 3. The molecule has 0 unspecified atom stereocenters. The van der Waals surface area contributed by atoms with E-state index in [2.05, 4.69) is 0 Å². The molecule has 1 heterocycles. The number of benzene rings is 2. The maximum atomic E-state index is 13.1. The topological polar surface area (TPSA) is 40.6 Å². The highest BCUT2D eigenvalue weighted by Gasteiger charge is 2.53. The lowest BCUT2D eigenvalue weighted by Crippen LogP contribution is -2.47. The summed E-state index contributed by atoms with van der Waals surface area (Å²) >= 11 is 12.1. The summed E-state index contributed by atoms with van der Waals surface area (Å²) in [5, 5.41) is 0.746. The van der Waals surface area contributed by atoms with Crippen LogP contribution in [0.3, 0.4) is 0 Å². The number of likely N-dealkylation sites (N-methyl/N-ethyl adjacent to an activating group) is 1. The highest BCUT2D eigenvalue weighted by molar-refractivity contribution is 6.35. The molecule has 0 saturated carbocycles.